The molecule has 0 aliphatic rings. The van der Waals surface area contributed by atoms with Crippen LogP contribution in [0.4, 0.5) is 5.13 Å². The average molecular weight is 410 g/mol. The Kier molecular flexibility index (Phi) is 5.31. The lowest BCUT2D eigenvalue weighted by atomic mass is 10.1. The Morgan fingerprint density at radius 3 is 2.68 bits per heavy atom. The number of nitrogens with zero attached hydrogens (tertiary/aromatic N) is 4. The Morgan fingerprint density at radius 2 is 1.96 bits per heavy atom. The fraction of sp³-hybridized carbons (Fsp3) is 0.200. The smallest absolute Gasteiger partial charge is 0.261 e. The van der Waals surface area contributed by atoms with E-state index in [1.807, 2.05) is 47.8 Å². The molecule has 0 radical (unpaired) electrons. The molecule has 3 aromatic heterocycles. The maximum Gasteiger partial charge on any atom is 0.261 e. The molecule has 0 aliphatic carbocycles. The summed E-state index contributed by atoms with van der Waals surface area (Å²) in [7, 11) is 0. The molecule has 8 heteroatoms. The molecule has 1 amide bonds. The van der Waals surface area contributed by atoms with Gasteiger partial charge in [0.25, 0.3) is 5.91 Å². The van der Waals surface area contributed by atoms with Crippen molar-refractivity contribution >= 4 is 33.7 Å². The van der Waals surface area contributed by atoms with Gasteiger partial charge in [-0.1, -0.05) is 49.4 Å². The first-order valence-electron chi connectivity index (χ1n) is 8.93. The van der Waals surface area contributed by atoms with Crippen molar-refractivity contribution < 1.29 is 4.79 Å². The fourth-order valence-electron chi connectivity index (χ4n) is 2.75. The molecule has 1 aromatic carbocycles. The summed E-state index contributed by atoms with van der Waals surface area (Å²) in [5, 5.41) is 19.2. The van der Waals surface area contributed by atoms with Gasteiger partial charge in [0.1, 0.15) is 10.7 Å². The van der Waals surface area contributed by atoms with Crippen molar-refractivity contribution in [1.29, 1.82) is 0 Å². The van der Waals surface area contributed by atoms with E-state index in [-0.39, 0.29) is 5.91 Å². The third kappa shape index (κ3) is 4.02. The average Bonchev–Trinajstić information content (AvgIpc) is 3.42. The lowest BCUT2D eigenvalue weighted by Gasteiger charge is -2.00. The van der Waals surface area contributed by atoms with Crippen molar-refractivity contribution in [3.8, 4) is 16.3 Å². The van der Waals surface area contributed by atoms with Crippen molar-refractivity contribution in [2.75, 3.05) is 5.32 Å². The van der Waals surface area contributed by atoms with Gasteiger partial charge in [-0.15, -0.1) is 21.5 Å². The molecule has 142 valence electrons. The summed E-state index contributed by atoms with van der Waals surface area (Å²) < 4.78 is 1.73. The molecule has 1 N–H and O–H groups in total. The van der Waals surface area contributed by atoms with E-state index in [1.54, 1.807) is 22.2 Å². The molecule has 0 fully saturated rings. The monoisotopic (exact) mass is 409 g/mol. The highest BCUT2D eigenvalue weighted by Gasteiger charge is 2.20. The van der Waals surface area contributed by atoms with E-state index in [2.05, 4.69) is 34.5 Å². The molecule has 0 saturated heterocycles. The number of carbonyl (C=O) groups is 1. The number of nitrogens with one attached hydrogen (secondary N) is 1. The number of anilines is 1. The number of carbonyl (C=O) groups excluding carboxylic acids is 1. The standard InChI is InChI=1S/C20H19N5OS2/c1-13(2)11-17-22-23-20(28-17)21-19(26)15-12-25(14-7-4-3-5-8-14)24-18(15)16-9-6-10-27-16/h3-10,12-13H,11H2,1-2H3,(H,21,23,26). The maximum absolute atomic E-state index is 13.0. The molecule has 0 aliphatic heterocycles. The van der Waals surface area contributed by atoms with Crippen molar-refractivity contribution in [1.82, 2.24) is 20.0 Å². The third-order valence-electron chi connectivity index (χ3n) is 4.00. The summed E-state index contributed by atoms with van der Waals surface area (Å²) in [6, 6.07) is 13.7. The normalized spacial score (nSPS) is 11.1. The molecule has 4 aromatic rings. The summed E-state index contributed by atoms with van der Waals surface area (Å²) in [5.41, 5.74) is 2.06. The lowest BCUT2D eigenvalue weighted by Crippen LogP contribution is -2.12. The van der Waals surface area contributed by atoms with E-state index < -0.39 is 0 Å². The number of amides is 1. The summed E-state index contributed by atoms with van der Waals surface area (Å²) >= 11 is 2.96. The summed E-state index contributed by atoms with van der Waals surface area (Å²) in [4.78, 5) is 13.9. The van der Waals surface area contributed by atoms with Gasteiger partial charge in [0, 0.05) is 12.6 Å². The van der Waals surface area contributed by atoms with E-state index in [0.29, 0.717) is 22.3 Å². The summed E-state index contributed by atoms with van der Waals surface area (Å²) in [6.07, 6.45) is 2.61. The zero-order valence-corrected chi connectivity index (χ0v) is 17.1. The Balaban J connectivity index is 1.65. The van der Waals surface area contributed by atoms with Crippen molar-refractivity contribution in [3.05, 3.63) is 64.6 Å². The van der Waals surface area contributed by atoms with Crippen molar-refractivity contribution in [2.45, 2.75) is 20.3 Å². The molecule has 0 unspecified atom stereocenters. The van der Waals surface area contributed by atoms with E-state index in [0.717, 1.165) is 22.0 Å². The molecule has 0 atom stereocenters. The topological polar surface area (TPSA) is 72.7 Å². The Hall–Kier alpha value is -2.84. The van der Waals surface area contributed by atoms with Gasteiger partial charge in [-0.2, -0.15) is 5.10 Å². The van der Waals surface area contributed by atoms with E-state index >= 15 is 0 Å². The van der Waals surface area contributed by atoms with Crippen LogP contribution in [0.3, 0.4) is 0 Å². The molecule has 28 heavy (non-hydrogen) atoms. The molecule has 0 bridgehead atoms. The second-order valence-corrected chi connectivity index (χ2v) is 8.71. The van der Waals surface area contributed by atoms with Gasteiger partial charge in [-0.3, -0.25) is 10.1 Å². The first-order valence-corrected chi connectivity index (χ1v) is 10.6. The van der Waals surface area contributed by atoms with Gasteiger partial charge < -0.3 is 0 Å². The van der Waals surface area contributed by atoms with Crippen molar-refractivity contribution in [2.24, 2.45) is 5.92 Å². The van der Waals surface area contributed by atoms with Crippen LogP contribution in [0.5, 0.6) is 0 Å². The summed E-state index contributed by atoms with van der Waals surface area (Å²) in [6.45, 7) is 4.26. The first-order chi connectivity index (χ1) is 13.6. The highest BCUT2D eigenvalue weighted by Crippen LogP contribution is 2.29. The lowest BCUT2D eigenvalue weighted by molar-refractivity contribution is 0.102. The largest absolute Gasteiger partial charge is 0.296 e. The van der Waals surface area contributed by atoms with Crippen LogP contribution in [0.1, 0.15) is 29.2 Å². The van der Waals surface area contributed by atoms with Crippen LogP contribution >= 0.6 is 22.7 Å². The van der Waals surface area contributed by atoms with Gasteiger partial charge in [-0.25, -0.2) is 4.68 Å². The molecular weight excluding hydrogens is 390 g/mol. The predicted molar refractivity (Wildman–Crippen MR) is 113 cm³/mol. The van der Waals surface area contributed by atoms with Crippen LogP contribution in [-0.4, -0.2) is 25.9 Å². The number of benzene rings is 1. The third-order valence-corrected chi connectivity index (χ3v) is 5.74. The Morgan fingerprint density at radius 1 is 1.14 bits per heavy atom. The number of hydrogen-bond donors (Lipinski definition) is 1. The molecule has 0 saturated carbocycles. The van der Waals surface area contributed by atoms with E-state index in [4.69, 9.17) is 0 Å². The number of para-hydroxylation sites is 1. The number of aromatic nitrogens is 4. The Labute approximate surface area is 170 Å². The molecule has 0 spiro atoms. The minimum atomic E-state index is -0.238. The maximum atomic E-state index is 13.0. The van der Waals surface area contributed by atoms with Crippen LogP contribution in [0.2, 0.25) is 0 Å². The van der Waals surface area contributed by atoms with Crippen LogP contribution < -0.4 is 5.32 Å². The van der Waals surface area contributed by atoms with Crippen LogP contribution in [0, 0.1) is 5.92 Å². The van der Waals surface area contributed by atoms with Crippen LogP contribution in [-0.2, 0) is 6.42 Å². The number of thiophene rings is 1. The molecule has 4 rings (SSSR count). The van der Waals surface area contributed by atoms with E-state index in [1.165, 1.54) is 11.3 Å². The Bertz CT molecular complexity index is 1070. The zero-order chi connectivity index (χ0) is 19.5. The minimum Gasteiger partial charge on any atom is -0.296 e. The van der Waals surface area contributed by atoms with Gasteiger partial charge in [-0.05, 0) is 29.5 Å². The first kappa shape index (κ1) is 18.5. The molecule has 3 heterocycles. The van der Waals surface area contributed by atoms with Crippen LogP contribution in [0.15, 0.2) is 54.0 Å². The van der Waals surface area contributed by atoms with Gasteiger partial charge in [0.05, 0.1) is 16.1 Å². The van der Waals surface area contributed by atoms with Gasteiger partial charge >= 0.3 is 0 Å². The van der Waals surface area contributed by atoms with Gasteiger partial charge in [0.2, 0.25) is 5.13 Å². The van der Waals surface area contributed by atoms with E-state index in [9.17, 15) is 4.79 Å². The second-order valence-electron chi connectivity index (χ2n) is 6.70. The second kappa shape index (κ2) is 8.04. The fourth-order valence-corrected chi connectivity index (χ4v) is 4.42. The zero-order valence-electron chi connectivity index (χ0n) is 15.5. The molecular formula is C20H19N5OS2. The quantitative estimate of drug-likeness (QED) is 0.491. The highest BCUT2D eigenvalue weighted by molar-refractivity contribution is 7.15. The molecule has 6 nitrogen and oxygen atoms in total. The summed E-state index contributed by atoms with van der Waals surface area (Å²) in [5.74, 6) is 0.254. The minimum absolute atomic E-state index is 0.238. The van der Waals surface area contributed by atoms with Gasteiger partial charge in [0.15, 0.2) is 0 Å². The highest BCUT2D eigenvalue weighted by atomic mass is 32.1. The van der Waals surface area contributed by atoms with Crippen LogP contribution in [0.25, 0.3) is 16.3 Å². The number of hydrogen-bond acceptors (Lipinski definition) is 6. The SMILES string of the molecule is CC(C)Cc1nnc(NC(=O)c2cn(-c3ccccc3)nc2-c2cccs2)s1. The van der Waals surface area contributed by atoms with Crippen molar-refractivity contribution in [3.63, 3.8) is 0 Å². The predicted octanol–water partition coefficient (Wildman–Crippen LogP) is 4.90. The number of rotatable bonds is 6.